The summed E-state index contributed by atoms with van der Waals surface area (Å²) >= 11 is 0. The molecule has 3 rings (SSSR count). The Morgan fingerprint density at radius 2 is 1.79 bits per heavy atom. The van der Waals surface area contributed by atoms with Crippen molar-refractivity contribution in [2.45, 2.75) is 26.7 Å². The lowest BCUT2D eigenvalue weighted by Crippen LogP contribution is -2.49. The van der Waals surface area contributed by atoms with Crippen LogP contribution in [0, 0.1) is 45.3 Å². The highest BCUT2D eigenvalue weighted by Gasteiger charge is 2.55. The van der Waals surface area contributed by atoms with Gasteiger partial charge >= 0.3 is 6.09 Å². The molecule has 9 nitrogen and oxygen atoms in total. The zero-order valence-corrected chi connectivity index (χ0v) is 19.5. The van der Waals surface area contributed by atoms with Gasteiger partial charge in [0.05, 0.1) is 43.2 Å². The van der Waals surface area contributed by atoms with Crippen LogP contribution in [-0.2, 0) is 4.74 Å². The van der Waals surface area contributed by atoms with E-state index in [0.29, 0.717) is 35.8 Å². The van der Waals surface area contributed by atoms with Crippen molar-refractivity contribution in [2.24, 2.45) is 17.1 Å². The smallest absolute Gasteiger partial charge is 0.410 e. The Hall–Kier alpha value is -4.16. The summed E-state index contributed by atoms with van der Waals surface area (Å²) in [5.74, 6) is -0.286. The molecule has 34 heavy (non-hydrogen) atoms. The third-order valence-electron chi connectivity index (χ3n) is 6.12. The van der Waals surface area contributed by atoms with Crippen molar-refractivity contribution in [3.05, 3.63) is 46.7 Å². The summed E-state index contributed by atoms with van der Waals surface area (Å²) < 4.78 is 16.6. The van der Waals surface area contributed by atoms with E-state index in [1.165, 1.54) is 4.90 Å². The number of nitriles is 3. The highest BCUT2D eigenvalue weighted by Crippen LogP contribution is 2.54. The summed E-state index contributed by atoms with van der Waals surface area (Å²) in [6, 6.07) is 11.5. The van der Waals surface area contributed by atoms with Gasteiger partial charge in [-0.2, -0.15) is 15.8 Å². The van der Waals surface area contributed by atoms with Crippen LogP contribution in [0.1, 0.15) is 32.3 Å². The molecule has 2 aliphatic rings. The van der Waals surface area contributed by atoms with Crippen molar-refractivity contribution in [3.63, 3.8) is 0 Å². The number of carbonyl (C=O) groups is 1. The Morgan fingerprint density at radius 1 is 1.12 bits per heavy atom. The van der Waals surface area contributed by atoms with Crippen LogP contribution in [0.5, 0.6) is 11.5 Å². The fraction of sp³-hybridized carbons (Fsp3) is 0.440. The van der Waals surface area contributed by atoms with Crippen molar-refractivity contribution in [1.29, 1.82) is 15.8 Å². The molecule has 1 aliphatic heterocycles. The van der Waals surface area contributed by atoms with E-state index in [-0.39, 0.29) is 31.0 Å². The van der Waals surface area contributed by atoms with E-state index in [4.69, 9.17) is 19.9 Å². The van der Waals surface area contributed by atoms with Gasteiger partial charge in [-0.25, -0.2) is 4.79 Å². The third-order valence-corrected chi connectivity index (χ3v) is 6.12. The Bertz CT molecular complexity index is 1140. The number of carbonyl (C=O) groups excluding carboxylic acids is 1. The maximum absolute atomic E-state index is 12.5. The van der Waals surface area contributed by atoms with Crippen LogP contribution in [0.4, 0.5) is 4.79 Å². The van der Waals surface area contributed by atoms with Crippen LogP contribution < -0.4 is 15.2 Å². The van der Waals surface area contributed by atoms with Crippen LogP contribution in [0.3, 0.4) is 0 Å². The number of hydrogen-bond acceptors (Lipinski definition) is 8. The van der Waals surface area contributed by atoms with E-state index in [0.717, 1.165) is 0 Å². The quantitative estimate of drug-likeness (QED) is 0.678. The fourth-order valence-corrected chi connectivity index (χ4v) is 4.68. The molecule has 0 radical (unpaired) electrons. The van der Waals surface area contributed by atoms with Crippen molar-refractivity contribution in [2.75, 3.05) is 32.9 Å². The predicted molar refractivity (Wildman–Crippen MR) is 122 cm³/mol. The standard InChI is InChI=1S/C25H27N5O4/c1-4-32-20-8-7-16(11-21(20)33-5-2)22-19-13-30(24(31)34-6-3)10-9-17(19)18(12-26)23(29)25(22,14-27)15-28/h7-9,11,19,22H,4-6,10,13,29H2,1-3H3/t19-,22+/m1/s1. The number of rotatable bonds is 6. The first-order valence-corrected chi connectivity index (χ1v) is 11.2. The summed E-state index contributed by atoms with van der Waals surface area (Å²) in [5, 5.41) is 30.3. The first kappa shape index (κ1) is 24.5. The van der Waals surface area contributed by atoms with Gasteiger partial charge in [0.25, 0.3) is 0 Å². The van der Waals surface area contributed by atoms with E-state index < -0.39 is 23.3 Å². The molecule has 2 atom stereocenters. The van der Waals surface area contributed by atoms with Gasteiger partial charge < -0.3 is 24.8 Å². The minimum absolute atomic E-state index is 0.0797. The molecule has 0 saturated carbocycles. The summed E-state index contributed by atoms with van der Waals surface area (Å²) in [6.07, 6.45) is 1.25. The third kappa shape index (κ3) is 4.00. The summed E-state index contributed by atoms with van der Waals surface area (Å²) in [7, 11) is 0. The Labute approximate surface area is 199 Å². The average molecular weight is 462 g/mol. The first-order valence-electron chi connectivity index (χ1n) is 11.2. The minimum atomic E-state index is -1.82. The average Bonchev–Trinajstić information content (AvgIpc) is 2.85. The molecular formula is C25H27N5O4. The van der Waals surface area contributed by atoms with E-state index in [1.807, 2.05) is 13.8 Å². The molecule has 1 aromatic rings. The SMILES string of the molecule is CCOC(=O)N1CC=C2C(C#N)=C(N)C(C#N)(C#N)[C@@H](c3ccc(OCC)c(OCC)c3)[C@@H]2C1. The molecule has 1 amide bonds. The molecule has 1 aromatic carbocycles. The molecule has 0 aromatic heterocycles. The number of nitrogens with two attached hydrogens (primary N) is 1. The lowest BCUT2D eigenvalue weighted by molar-refractivity contribution is 0.0999. The Balaban J connectivity index is 2.24. The number of ether oxygens (including phenoxy) is 3. The van der Waals surface area contributed by atoms with E-state index in [1.54, 1.807) is 31.2 Å². The summed E-state index contributed by atoms with van der Waals surface area (Å²) in [6.45, 7) is 6.86. The van der Waals surface area contributed by atoms with Crippen LogP contribution in [0.2, 0.25) is 0 Å². The van der Waals surface area contributed by atoms with Crippen LogP contribution in [0.25, 0.3) is 0 Å². The molecule has 176 valence electrons. The molecule has 9 heteroatoms. The topological polar surface area (TPSA) is 145 Å². The maximum Gasteiger partial charge on any atom is 0.410 e. The van der Waals surface area contributed by atoms with Gasteiger partial charge in [-0.1, -0.05) is 12.1 Å². The van der Waals surface area contributed by atoms with Gasteiger partial charge in [-0.15, -0.1) is 0 Å². The lowest BCUT2D eigenvalue weighted by atomic mass is 9.58. The highest BCUT2D eigenvalue weighted by molar-refractivity contribution is 5.69. The number of allylic oxidation sites excluding steroid dienone is 2. The zero-order chi connectivity index (χ0) is 24.9. The lowest BCUT2D eigenvalue weighted by Gasteiger charge is -2.45. The van der Waals surface area contributed by atoms with Gasteiger partial charge in [0.1, 0.15) is 6.07 Å². The maximum atomic E-state index is 12.5. The predicted octanol–water partition coefficient (Wildman–Crippen LogP) is 3.37. The van der Waals surface area contributed by atoms with Crippen molar-refractivity contribution in [3.8, 4) is 29.7 Å². The van der Waals surface area contributed by atoms with E-state index in [2.05, 4.69) is 18.2 Å². The minimum Gasteiger partial charge on any atom is -0.490 e. The molecule has 0 bridgehead atoms. The molecular weight excluding hydrogens is 434 g/mol. The number of fused-ring (bicyclic) bond motifs is 1. The van der Waals surface area contributed by atoms with Crippen LogP contribution in [0.15, 0.2) is 41.1 Å². The summed E-state index contributed by atoms with van der Waals surface area (Å²) in [5.41, 5.74) is 5.81. The van der Waals surface area contributed by atoms with Gasteiger partial charge in [-0.3, -0.25) is 0 Å². The molecule has 1 aliphatic carbocycles. The van der Waals surface area contributed by atoms with Crippen molar-refractivity contribution in [1.82, 2.24) is 4.90 Å². The largest absolute Gasteiger partial charge is 0.490 e. The number of amides is 1. The Kier molecular flexibility index (Phi) is 7.34. The zero-order valence-electron chi connectivity index (χ0n) is 19.5. The van der Waals surface area contributed by atoms with E-state index >= 15 is 0 Å². The number of benzene rings is 1. The van der Waals surface area contributed by atoms with Gasteiger partial charge in [0, 0.05) is 24.9 Å². The monoisotopic (exact) mass is 461 g/mol. The molecule has 2 N–H and O–H groups in total. The molecule has 1 heterocycles. The first-order chi connectivity index (χ1) is 16.4. The molecule has 0 spiro atoms. The Morgan fingerprint density at radius 3 is 2.38 bits per heavy atom. The second kappa shape index (κ2) is 10.2. The van der Waals surface area contributed by atoms with Crippen LogP contribution in [-0.4, -0.2) is 43.9 Å². The molecule has 0 fully saturated rings. The summed E-state index contributed by atoms with van der Waals surface area (Å²) in [4.78, 5) is 14.0. The normalized spacial score (nSPS) is 20.7. The van der Waals surface area contributed by atoms with E-state index in [9.17, 15) is 20.6 Å². The van der Waals surface area contributed by atoms with Crippen molar-refractivity contribution < 1.29 is 19.0 Å². The fourth-order valence-electron chi connectivity index (χ4n) is 4.68. The van der Waals surface area contributed by atoms with Crippen LogP contribution >= 0.6 is 0 Å². The van der Waals surface area contributed by atoms with Gasteiger partial charge in [-0.05, 0) is 44.0 Å². The van der Waals surface area contributed by atoms with Crippen molar-refractivity contribution >= 4 is 6.09 Å². The second-order valence-electron chi connectivity index (χ2n) is 7.85. The number of nitrogens with zero attached hydrogens (tertiary/aromatic N) is 4. The molecule has 0 unspecified atom stereocenters. The van der Waals surface area contributed by atoms with Gasteiger partial charge in [0.2, 0.25) is 0 Å². The highest BCUT2D eigenvalue weighted by atomic mass is 16.6. The van der Waals surface area contributed by atoms with Gasteiger partial charge in [0.15, 0.2) is 16.9 Å². The molecule has 0 saturated heterocycles. The second-order valence-corrected chi connectivity index (χ2v) is 7.85. The number of hydrogen-bond donors (Lipinski definition) is 1.